The van der Waals surface area contributed by atoms with E-state index in [0.717, 1.165) is 23.8 Å². The van der Waals surface area contributed by atoms with Crippen LogP contribution in [-0.2, 0) is 37.8 Å². The van der Waals surface area contributed by atoms with E-state index >= 15 is 4.39 Å². The highest BCUT2D eigenvalue weighted by atomic mass is 32.1. The topological polar surface area (TPSA) is 169 Å². The molecule has 2 N–H and O–H groups in total. The van der Waals surface area contributed by atoms with Crippen LogP contribution in [0.15, 0.2) is 78.8 Å². The van der Waals surface area contributed by atoms with E-state index in [9.17, 15) is 19.1 Å². The average molecular weight is 762 g/mol. The number of aromatic nitrogens is 5. The number of thiazole rings is 1. The van der Waals surface area contributed by atoms with E-state index < -0.39 is 47.7 Å². The second-order valence-electron chi connectivity index (χ2n) is 12.3. The minimum absolute atomic E-state index is 0.0262. The van der Waals surface area contributed by atoms with Crippen LogP contribution >= 0.6 is 11.3 Å². The van der Waals surface area contributed by atoms with Gasteiger partial charge in [-0.15, -0.1) is 16.0 Å². The van der Waals surface area contributed by atoms with Crippen molar-refractivity contribution in [2.24, 2.45) is 0 Å². The SMILES string of the molecule is CNCC(=O)OCc1cccnc1N(C)C(=O)OC(C)OC(C)[n+]1cnn(C[C@](O)(c2cc(F)ccc2F)[C@@H](C)c2nc(-c3ccc(C#N)cc3)cs2)c1. The number of rotatable bonds is 15. The monoisotopic (exact) mass is 761 g/mol. The van der Waals surface area contributed by atoms with Crippen molar-refractivity contribution in [1.29, 1.82) is 5.26 Å². The first-order valence-corrected chi connectivity index (χ1v) is 17.6. The number of nitrogens with zero attached hydrogens (tertiary/aromatic N) is 7. The first kappa shape index (κ1) is 39.5. The summed E-state index contributed by atoms with van der Waals surface area (Å²) >= 11 is 1.25. The summed E-state index contributed by atoms with van der Waals surface area (Å²) in [5.74, 6) is -2.61. The van der Waals surface area contributed by atoms with Gasteiger partial charge in [0.2, 0.25) is 12.6 Å². The number of likely N-dealkylation sites (N-methyl/N-ethyl adjacent to an activating group) is 1. The molecule has 14 nitrogen and oxygen atoms in total. The highest BCUT2D eigenvalue weighted by Gasteiger charge is 2.43. The molecular weight excluding hydrogens is 723 g/mol. The number of halogens is 2. The van der Waals surface area contributed by atoms with Crippen LogP contribution in [0.25, 0.3) is 11.3 Å². The lowest BCUT2D eigenvalue weighted by molar-refractivity contribution is -0.763. The predicted molar refractivity (Wildman–Crippen MR) is 191 cm³/mol. The van der Waals surface area contributed by atoms with Crippen LogP contribution in [0.4, 0.5) is 19.4 Å². The van der Waals surface area contributed by atoms with Gasteiger partial charge >= 0.3 is 12.1 Å². The molecule has 0 fully saturated rings. The van der Waals surface area contributed by atoms with Gasteiger partial charge in [0.05, 0.1) is 28.9 Å². The fourth-order valence-electron chi connectivity index (χ4n) is 5.56. The number of carbonyl (C=O) groups excluding carboxylic acids is 2. The Morgan fingerprint density at radius 2 is 1.93 bits per heavy atom. The molecule has 4 atom stereocenters. The Hall–Kier alpha value is -5.67. The number of carbonyl (C=O) groups is 2. The predicted octanol–water partition coefficient (Wildman–Crippen LogP) is 4.95. The summed E-state index contributed by atoms with van der Waals surface area (Å²) in [6, 6.07) is 15.2. The van der Waals surface area contributed by atoms with E-state index in [2.05, 4.69) is 21.5 Å². The maximum absolute atomic E-state index is 15.4. The van der Waals surface area contributed by atoms with Crippen LogP contribution in [0.2, 0.25) is 0 Å². The minimum atomic E-state index is -2.02. The zero-order chi connectivity index (χ0) is 39.0. The molecule has 0 spiro atoms. The van der Waals surface area contributed by atoms with Gasteiger partial charge in [-0.3, -0.25) is 9.69 Å². The molecule has 2 unspecified atom stereocenters. The second-order valence-corrected chi connectivity index (χ2v) is 13.2. The number of benzene rings is 2. The summed E-state index contributed by atoms with van der Waals surface area (Å²) in [5.41, 5.74) is 0.0395. The zero-order valence-corrected chi connectivity index (χ0v) is 31.0. The Kier molecular flexibility index (Phi) is 12.8. The van der Waals surface area contributed by atoms with E-state index in [1.165, 1.54) is 53.7 Å². The van der Waals surface area contributed by atoms with E-state index in [1.54, 1.807) is 67.2 Å². The van der Waals surface area contributed by atoms with Gasteiger partial charge in [0.1, 0.15) is 36.2 Å². The zero-order valence-electron chi connectivity index (χ0n) is 30.1. The molecule has 0 saturated carbocycles. The standard InChI is InChI=1S/C37H39F2N8O6S/c1-23(35-44-32(19-54-35)27-10-8-26(16-40)9-11-27)37(50,30-15-29(38)12-13-31(30)39)20-47-22-46(21-43-47)24(2)52-25(3)53-36(49)45(5)34-28(7-6-14-42-34)18-51-33(48)17-41-4/h6-15,19,21-25,41,50H,17-18,20H2,1-5H3/q+1/t23-,24?,25?,37+/m0/s1. The molecule has 5 rings (SSSR count). The van der Waals surface area contributed by atoms with Gasteiger partial charge < -0.3 is 24.6 Å². The quantitative estimate of drug-likeness (QED) is 0.0842. The van der Waals surface area contributed by atoms with Crippen molar-refractivity contribution in [1.82, 2.24) is 25.1 Å². The number of esters is 1. The van der Waals surface area contributed by atoms with E-state index in [4.69, 9.17) is 24.5 Å². The van der Waals surface area contributed by atoms with Crippen molar-refractivity contribution in [3.8, 4) is 17.3 Å². The molecule has 0 bridgehead atoms. The molecule has 54 heavy (non-hydrogen) atoms. The first-order valence-electron chi connectivity index (χ1n) is 16.7. The van der Waals surface area contributed by atoms with Crippen LogP contribution in [0.1, 0.15) is 54.6 Å². The molecule has 0 aliphatic rings. The molecule has 0 radical (unpaired) electrons. The van der Waals surface area contributed by atoms with Gasteiger partial charge in [0, 0.05) is 46.3 Å². The van der Waals surface area contributed by atoms with E-state index in [-0.39, 0.29) is 31.1 Å². The van der Waals surface area contributed by atoms with Crippen LogP contribution in [-0.4, -0.2) is 63.8 Å². The van der Waals surface area contributed by atoms with Crippen molar-refractivity contribution in [3.05, 3.63) is 112 Å². The van der Waals surface area contributed by atoms with Crippen molar-refractivity contribution in [2.75, 3.05) is 25.5 Å². The molecule has 0 aliphatic heterocycles. The van der Waals surface area contributed by atoms with Gasteiger partial charge in [-0.25, -0.2) is 28.1 Å². The van der Waals surface area contributed by atoms with Gasteiger partial charge in [-0.05, 0) is 57.3 Å². The number of ether oxygens (including phenoxy) is 3. The van der Waals surface area contributed by atoms with Gasteiger partial charge in [-0.1, -0.05) is 25.1 Å². The number of nitrogens with one attached hydrogen (secondary N) is 1. The maximum Gasteiger partial charge on any atom is 0.417 e. The number of amides is 1. The number of hydrogen-bond donors (Lipinski definition) is 2. The van der Waals surface area contributed by atoms with Crippen molar-refractivity contribution < 1.29 is 42.3 Å². The van der Waals surface area contributed by atoms with Gasteiger partial charge in [0.15, 0.2) is 6.23 Å². The molecule has 5 aromatic rings. The lowest BCUT2D eigenvalue weighted by Gasteiger charge is -2.32. The minimum Gasteiger partial charge on any atom is -0.460 e. The largest absolute Gasteiger partial charge is 0.460 e. The Balaban J connectivity index is 1.29. The third-order valence-electron chi connectivity index (χ3n) is 8.56. The molecule has 0 aliphatic carbocycles. The third-order valence-corrected chi connectivity index (χ3v) is 9.59. The summed E-state index contributed by atoms with van der Waals surface area (Å²) in [6.45, 7) is 4.50. The summed E-state index contributed by atoms with van der Waals surface area (Å²) in [5, 5.41) is 30.7. The van der Waals surface area contributed by atoms with Crippen molar-refractivity contribution in [3.63, 3.8) is 0 Å². The summed E-state index contributed by atoms with van der Waals surface area (Å²) in [6.07, 6.45) is 1.84. The Labute approximate surface area is 314 Å². The third kappa shape index (κ3) is 9.27. The number of aliphatic hydroxyl groups is 1. The Morgan fingerprint density at radius 3 is 2.65 bits per heavy atom. The van der Waals surface area contributed by atoms with Gasteiger partial charge in [0.25, 0.3) is 6.33 Å². The van der Waals surface area contributed by atoms with Crippen LogP contribution in [0.3, 0.4) is 0 Å². The molecule has 17 heteroatoms. The number of nitriles is 1. The number of pyridine rings is 1. The lowest BCUT2D eigenvalue weighted by atomic mass is 9.82. The number of anilines is 1. The fraction of sp³-hybridized carbons (Fsp3) is 0.324. The summed E-state index contributed by atoms with van der Waals surface area (Å²) in [7, 11) is 3.08. The molecule has 1 amide bonds. The molecule has 0 saturated heterocycles. The molecular formula is C37H39F2N8O6S+. The smallest absolute Gasteiger partial charge is 0.417 e. The van der Waals surface area contributed by atoms with Crippen LogP contribution < -0.4 is 14.8 Å². The first-order chi connectivity index (χ1) is 25.8. The van der Waals surface area contributed by atoms with Gasteiger partial charge in [-0.2, -0.15) is 5.26 Å². The fourth-order valence-corrected chi connectivity index (χ4v) is 6.53. The molecule has 2 aromatic carbocycles. The van der Waals surface area contributed by atoms with Crippen LogP contribution in [0, 0.1) is 23.0 Å². The van der Waals surface area contributed by atoms with E-state index in [0.29, 0.717) is 21.8 Å². The highest BCUT2D eigenvalue weighted by molar-refractivity contribution is 7.10. The lowest BCUT2D eigenvalue weighted by Crippen LogP contribution is -2.42. The van der Waals surface area contributed by atoms with Crippen molar-refractivity contribution in [2.45, 2.75) is 58.0 Å². The normalized spacial score (nSPS) is 14.0. The molecule has 3 aromatic heterocycles. The number of hydrogen-bond acceptors (Lipinski definition) is 12. The Morgan fingerprint density at radius 1 is 1.17 bits per heavy atom. The maximum atomic E-state index is 15.4. The Bertz CT molecular complexity index is 2120. The van der Waals surface area contributed by atoms with E-state index in [1.807, 2.05) is 0 Å². The average Bonchev–Trinajstić information content (AvgIpc) is 3.85. The van der Waals surface area contributed by atoms with Crippen molar-refractivity contribution >= 4 is 29.2 Å². The van der Waals surface area contributed by atoms with Crippen LogP contribution in [0.5, 0.6) is 0 Å². The molecule has 3 heterocycles. The molecule has 282 valence electrons. The highest BCUT2D eigenvalue weighted by Crippen LogP contribution is 2.41. The summed E-state index contributed by atoms with van der Waals surface area (Å²) < 4.78 is 49.4. The summed E-state index contributed by atoms with van der Waals surface area (Å²) in [4.78, 5) is 35.0. The second kappa shape index (κ2) is 17.4.